The van der Waals surface area contributed by atoms with Gasteiger partial charge in [0, 0.05) is 49.0 Å². The van der Waals surface area contributed by atoms with Crippen LogP contribution in [0.25, 0.3) is 0 Å². The molecule has 0 radical (unpaired) electrons. The standard InChI is InChI=1S/C38H26S5/c1-2-33-34(39-28-18-8-3-9-19-28)36(41-30-22-12-5-13-23-30)38(43-32-26-16-7-17-27-32)37(42-31-24-14-6-15-25-31)35(33)40-29-20-10-4-11-21-29/h1,3-27H. The van der Waals surface area contributed by atoms with Gasteiger partial charge in [-0.2, -0.15) is 0 Å². The van der Waals surface area contributed by atoms with Crippen LogP contribution in [0, 0.1) is 12.3 Å². The van der Waals surface area contributed by atoms with Gasteiger partial charge < -0.3 is 0 Å². The van der Waals surface area contributed by atoms with Crippen LogP contribution in [0.1, 0.15) is 5.56 Å². The van der Waals surface area contributed by atoms with E-state index in [1.54, 1.807) is 47.0 Å². The van der Waals surface area contributed by atoms with E-state index >= 15 is 0 Å². The highest BCUT2D eigenvalue weighted by Gasteiger charge is 2.27. The number of hydrogen-bond donors (Lipinski definition) is 0. The second-order valence-electron chi connectivity index (χ2n) is 9.24. The van der Waals surface area contributed by atoms with Gasteiger partial charge in [0.25, 0.3) is 0 Å². The van der Waals surface area contributed by atoms with Crippen LogP contribution in [0.3, 0.4) is 0 Å². The van der Waals surface area contributed by atoms with Crippen molar-refractivity contribution in [3.8, 4) is 12.3 Å². The maximum atomic E-state index is 6.48. The molecule has 6 aromatic carbocycles. The van der Waals surface area contributed by atoms with Crippen molar-refractivity contribution in [1.82, 2.24) is 0 Å². The average molecular weight is 643 g/mol. The van der Waals surface area contributed by atoms with Crippen LogP contribution >= 0.6 is 58.8 Å². The van der Waals surface area contributed by atoms with Crippen molar-refractivity contribution in [2.75, 3.05) is 0 Å². The molecule has 208 valence electrons. The second kappa shape index (κ2) is 14.9. The molecule has 0 N–H and O–H groups in total. The van der Waals surface area contributed by atoms with Crippen LogP contribution < -0.4 is 0 Å². The van der Waals surface area contributed by atoms with Crippen LogP contribution in [0.4, 0.5) is 0 Å². The summed E-state index contributed by atoms with van der Waals surface area (Å²) in [5.41, 5.74) is 0.928. The molecule has 43 heavy (non-hydrogen) atoms. The van der Waals surface area contributed by atoms with E-state index in [1.165, 1.54) is 29.4 Å². The predicted octanol–water partition coefficient (Wildman–Crippen LogP) is 12.4. The van der Waals surface area contributed by atoms with Crippen molar-refractivity contribution < 1.29 is 0 Å². The molecule has 6 rings (SSSR count). The molecule has 0 heterocycles. The predicted molar refractivity (Wildman–Crippen MR) is 187 cm³/mol. The molecular weight excluding hydrogens is 617 g/mol. The molecular formula is C38H26S5. The third-order valence-corrected chi connectivity index (χ3v) is 12.4. The Balaban J connectivity index is 1.66. The number of rotatable bonds is 10. The lowest BCUT2D eigenvalue weighted by molar-refractivity contribution is 0.944. The van der Waals surface area contributed by atoms with Crippen LogP contribution in [-0.2, 0) is 0 Å². The van der Waals surface area contributed by atoms with Gasteiger partial charge in [-0.1, -0.05) is 156 Å². The van der Waals surface area contributed by atoms with Gasteiger partial charge in [0.1, 0.15) is 0 Å². The Hall–Kier alpha value is -3.37. The van der Waals surface area contributed by atoms with E-state index in [-0.39, 0.29) is 0 Å². The van der Waals surface area contributed by atoms with E-state index in [0.717, 1.165) is 25.1 Å². The molecule has 0 aliphatic rings. The van der Waals surface area contributed by atoms with E-state index < -0.39 is 0 Å². The molecule has 0 bridgehead atoms. The van der Waals surface area contributed by atoms with Gasteiger partial charge in [0.15, 0.2) is 0 Å². The monoisotopic (exact) mass is 642 g/mol. The molecule has 0 nitrogen and oxygen atoms in total. The topological polar surface area (TPSA) is 0 Å². The molecule has 0 saturated carbocycles. The minimum Gasteiger partial charge on any atom is -0.115 e. The summed E-state index contributed by atoms with van der Waals surface area (Å²) in [6, 6.07) is 52.9. The Kier molecular flexibility index (Phi) is 10.3. The Morgan fingerprint density at radius 2 is 0.512 bits per heavy atom. The van der Waals surface area contributed by atoms with Gasteiger partial charge in [-0.15, -0.1) is 6.42 Å². The fourth-order valence-corrected chi connectivity index (χ4v) is 10.3. The first kappa shape index (κ1) is 29.7. The second-order valence-corrected chi connectivity index (χ2v) is 14.7. The lowest BCUT2D eigenvalue weighted by Gasteiger charge is -2.24. The third-order valence-electron chi connectivity index (χ3n) is 6.24. The Morgan fingerprint density at radius 1 is 0.302 bits per heavy atom. The SMILES string of the molecule is C#Cc1c(Sc2ccccc2)c(Sc2ccccc2)c(Sc2ccccc2)c(Sc2ccccc2)c1Sc1ccccc1. The number of benzene rings is 6. The van der Waals surface area contributed by atoms with Crippen molar-refractivity contribution in [3.63, 3.8) is 0 Å². The quantitative estimate of drug-likeness (QED) is 0.136. The Bertz CT molecular complexity index is 1710. The molecule has 0 amide bonds. The van der Waals surface area contributed by atoms with Crippen molar-refractivity contribution in [2.24, 2.45) is 0 Å². The van der Waals surface area contributed by atoms with Gasteiger partial charge in [-0.25, -0.2) is 0 Å². The lowest BCUT2D eigenvalue weighted by Crippen LogP contribution is -1.98. The van der Waals surface area contributed by atoms with Gasteiger partial charge in [-0.05, 0) is 60.7 Å². The fourth-order valence-electron chi connectivity index (χ4n) is 4.28. The van der Waals surface area contributed by atoms with E-state index in [2.05, 4.69) is 158 Å². The van der Waals surface area contributed by atoms with Crippen molar-refractivity contribution >= 4 is 58.8 Å². The van der Waals surface area contributed by atoms with Crippen molar-refractivity contribution in [1.29, 1.82) is 0 Å². The molecule has 0 saturated heterocycles. The number of terminal acetylenes is 1. The Morgan fingerprint density at radius 3 is 0.744 bits per heavy atom. The third kappa shape index (κ3) is 7.59. The van der Waals surface area contributed by atoms with Crippen molar-refractivity contribution in [3.05, 3.63) is 157 Å². The summed E-state index contributed by atoms with van der Waals surface area (Å²) >= 11 is 8.89. The van der Waals surface area contributed by atoms with Gasteiger partial charge >= 0.3 is 0 Å². The summed E-state index contributed by atoms with van der Waals surface area (Å²) in [5, 5.41) is 0. The highest BCUT2D eigenvalue weighted by atomic mass is 32.2. The van der Waals surface area contributed by atoms with E-state index in [9.17, 15) is 0 Å². The highest BCUT2D eigenvalue weighted by molar-refractivity contribution is 8.05. The maximum Gasteiger partial charge on any atom is 0.0545 e. The number of hydrogen-bond acceptors (Lipinski definition) is 5. The van der Waals surface area contributed by atoms with Gasteiger partial charge in [0.2, 0.25) is 0 Å². The maximum absolute atomic E-state index is 6.48. The zero-order valence-corrected chi connectivity index (χ0v) is 27.1. The minimum absolute atomic E-state index is 0.928. The molecule has 0 fully saturated rings. The highest BCUT2D eigenvalue weighted by Crippen LogP contribution is 2.56. The molecule has 6 aromatic rings. The van der Waals surface area contributed by atoms with Gasteiger partial charge in [-0.3, -0.25) is 0 Å². The van der Waals surface area contributed by atoms with Crippen LogP contribution in [0.15, 0.2) is 201 Å². The molecule has 0 aliphatic carbocycles. The smallest absolute Gasteiger partial charge is 0.0545 e. The largest absolute Gasteiger partial charge is 0.115 e. The molecule has 0 unspecified atom stereocenters. The fraction of sp³-hybridized carbons (Fsp3) is 0. The summed E-state index contributed by atoms with van der Waals surface area (Å²) < 4.78 is 0. The lowest BCUT2D eigenvalue weighted by atomic mass is 10.2. The molecule has 5 heteroatoms. The molecule has 0 aliphatic heterocycles. The van der Waals surface area contributed by atoms with Crippen LogP contribution in [0.2, 0.25) is 0 Å². The zero-order valence-electron chi connectivity index (χ0n) is 23.1. The van der Waals surface area contributed by atoms with Crippen LogP contribution in [0.5, 0.6) is 0 Å². The first-order valence-electron chi connectivity index (χ1n) is 13.6. The summed E-state index contributed by atoms with van der Waals surface area (Å²) in [5.74, 6) is 3.17. The molecule has 0 aromatic heterocycles. The van der Waals surface area contributed by atoms with Crippen LogP contribution in [-0.4, -0.2) is 0 Å². The summed E-state index contributed by atoms with van der Waals surface area (Å²) in [4.78, 5) is 11.6. The van der Waals surface area contributed by atoms with E-state index in [1.807, 2.05) is 11.8 Å². The Labute approximate surface area is 275 Å². The molecule has 0 atom stereocenters. The summed E-state index contributed by atoms with van der Waals surface area (Å²) in [6.07, 6.45) is 6.48. The summed E-state index contributed by atoms with van der Waals surface area (Å²) in [7, 11) is 0. The van der Waals surface area contributed by atoms with E-state index in [0.29, 0.717) is 0 Å². The molecule has 0 spiro atoms. The summed E-state index contributed by atoms with van der Waals surface area (Å²) in [6.45, 7) is 0. The van der Waals surface area contributed by atoms with Gasteiger partial charge in [0.05, 0.1) is 5.56 Å². The average Bonchev–Trinajstić information content (AvgIpc) is 3.07. The first-order valence-corrected chi connectivity index (χ1v) is 17.7. The zero-order chi connectivity index (χ0) is 29.3. The minimum atomic E-state index is 0.928. The van der Waals surface area contributed by atoms with E-state index in [4.69, 9.17) is 6.42 Å². The normalized spacial score (nSPS) is 10.8. The van der Waals surface area contributed by atoms with Crippen molar-refractivity contribution in [2.45, 2.75) is 49.0 Å². The first-order chi connectivity index (χ1) is 21.3.